The molecule has 0 saturated heterocycles. The fraction of sp³-hybridized carbons (Fsp3) is 0.143. The van der Waals surface area contributed by atoms with Gasteiger partial charge in [0.15, 0.2) is 5.65 Å². The van der Waals surface area contributed by atoms with Crippen LogP contribution in [0.15, 0.2) is 60.0 Å². The molecule has 0 fully saturated rings. The van der Waals surface area contributed by atoms with E-state index in [0.717, 1.165) is 22.2 Å². The largest absolute Gasteiger partial charge is 0.325 e. The van der Waals surface area contributed by atoms with Crippen molar-refractivity contribution in [1.82, 2.24) is 19.7 Å². The number of halogens is 1. The van der Waals surface area contributed by atoms with Gasteiger partial charge >= 0.3 is 0 Å². The Kier molecular flexibility index (Phi) is 5.26. The van der Waals surface area contributed by atoms with E-state index in [2.05, 4.69) is 26.4 Å². The second-order valence-electron chi connectivity index (χ2n) is 6.66. The van der Waals surface area contributed by atoms with Gasteiger partial charge in [0, 0.05) is 5.69 Å². The molecular weight excluding hydrogens is 389 g/mol. The summed E-state index contributed by atoms with van der Waals surface area (Å²) in [5.41, 5.74) is 4.27. The molecule has 4 rings (SSSR count). The number of benzene rings is 2. The number of carbonyl (C=O) groups excluding carboxylic acids is 1. The number of carbonyl (C=O) groups is 1. The molecule has 6 nitrogen and oxygen atoms in total. The van der Waals surface area contributed by atoms with Crippen LogP contribution < -0.4 is 5.32 Å². The third-order valence-electron chi connectivity index (χ3n) is 4.25. The minimum atomic E-state index is -0.314. The molecule has 0 spiro atoms. The molecule has 1 amide bonds. The lowest BCUT2D eigenvalue weighted by Gasteiger charge is -2.08. The molecule has 0 bridgehead atoms. The summed E-state index contributed by atoms with van der Waals surface area (Å²) < 4.78 is 14.8. The minimum absolute atomic E-state index is 0.113. The first-order valence-electron chi connectivity index (χ1n) is 8.95. The number of aromatic nitrogens is 4. The zero-order valence-corrected chi connectivity index (χ0v) is 16.7. The Morgan fingerprint density at radius 2 is 1.83 bits per heavy atom. The van der Waals surface area contributed by atoms with E-state index in [1.165, 1.54) is 30.2 Å². The van der Waals surface area contributed by atoms with Crippen LogP contribution in [0.4, 0.5) is 10.1 Å². The maximum atomic E-state index is 13.2. The van der Waals surface area contributed by atoms with Gasteiger partial charge in [-0.05, 0) is 61.4 Å². The highest BCUT2D eigenvalue weighted by Gasteiger charge is 2.13. The second-order valence-corrected chi connectivity index (χ2v) is 7.63. The first kappa shape index (κ1) is 19.1. The van der Waals surface area contributed by atoms with E-state index in [9.17, 15) is 9.18 Å². The fourth-order valence-corrected chi connectivity index (χ4v) is 3.85. The van der Waals surface area contributed by atoms with E-state index in [0.29, 0.717) is 16.4 Å². The minimum Gasteiger partial charge on any atom is -0.325 e. The van der Waals surface area contributed by atoms with Crippen molar-refractivity contribution in [2.45, 2.75) is 18.9 Å². The molecule has 8 heteroatoms. The van der Waals surface area contributed by atoms with E-state index in [1.54, 1.807) is 23.0 Å². The van der Waals surface area contributed by atoms with Crippen molar-refractivity contribution in [1.29, 1.82) is 0 Å². The van der Waals surface area contributed by atoms with E-state index >= 15 is 0 Å². The van der Waals surface area contributed by atoms with Crippen LogP contribution in [0.25, 0.3) is 16.7 Å². The van der Waals surface area contributed by atoms with E-state index in [4.69, 9.17) is 0 Å². The van der Waals surface area contributed by atoms with E-state index in [1.807, 2.05) is 26.0 Å². The molecule has 0 aliphatic carbocycles. The Labute approximate surface area is 171 Å². The SMILES string of the molecule is Cc1cc(C)cc(NC(=O)CSc2ncnc3c2cnn3-c2ccc(F)cc2)c1. The number of aryl methyl sites for hydroxylation is 2. The van der Waals surface area contributed by atoms with Gasteiger partial charge in [-0.2, -0.15) is 5.10 Å². The Morgan fingerprint density at radius 3 is 2.55 bits per heavy atom. The van der Waals surface area contributed by atoms with Crippen molar-refractivity contribution in [3.63, 3.8) is 0 Å². The molecule has 0 saturated carbocycles. The average Bonchev–Trinajstić information content (AvgIpc) is 3.11. The molecule has 0 unspecified atom stereocenters. The number of nitrogens with zero attached hydrogens (tertiary/aromatic N) is 4. The van der Waals surface area contributed by atoms with Crippen molar-refractivity contribution in [2.75, 3.05) is 11.1 Å². The maximum Gasteiger partial charge on any atom is 0.234 e. The highest BCUT2D eigenvalue weighted by Crippen LogP contribution is 2.26. The van der Waals surface area contributed by atoms with Gasteiger partial charge in [-0.25, -0.2) is 19.0 Å². The number of rotatable bonds is 5. The zero-order chi connectivity index (χ0) is 20.4. The number of anilines is 1. The number of amides is 1. The van der Waals surface area contributed by atoms with Crippen LogP contribution in [0.1, 0.15) is 11.1 Å². The Hall–Kier alpha value is -3.26. The summed E-state index contributed by atoms with van der Waals surface area (Å²) in [5, 5.41) is 8.67. The van der Waals surface area contributed by atoms with Gasteiger partial charge < -0.3 is 5.32 Å². The molecule has 4 aromatic rings. The van der Waals surface area contributed by atoms with Crippen LogP contribution in [-0.4, -0.2) is 31.4 Å². The predicted molar refractivity (Wildman–Crippen MR) is 112 cm³/mol. The van der Waals surface area contributed by atoms with Gasteiger partial charge in [0.05, 0.1) is 23.0 Å². The lowest BCUT2D eigenvalue weighted by atomic mass is 10.1. The standard InChI is InChI=1S/C21H18FN5OS/c1-13-7-14(2)9-16(8-13)26-19(28)11-29-21-18-10-25-27(20(18)23-12-24-21)17-5-3-15(22)4-6-17/h3-10,12H,11H2,1-2H3,(H,26,28). The van der Waals surface area contributed by atoms with Crippen LogP contribution >= 0.6 is 11.8 Å². The molecule has 1 N–H and O–H groups in total. The Balaban J connectivity index is 1.51. The fourth-order valence-electron chi connectivity index (χ4n) is 3.09. The normalized spacial score (nSPS) is 11.0. The van der Waals surface area contributed by atoms with Crippen LogP contribution in [0.2, 0.25) is 0 Å². The third kappa shape index (κ3) is 4.27. The van der Waals surface area contributed by atoms with Crippen LogP contribution in [0.5, 0.6) is 0 Å². The predicted octanol–water partition coefficient (Wildman–Crippen LogP) is 4.30. The highest BCUT2D eigenvalue weighted by atomic mass is 32.2. The molecule has 2 heterocycles. The van der Waals surface area contributed by atoms with Crippen LogP contribution in [0.3, 0.4) is 0 Å². The Morgan fingerprint density at radius 1 is 1.10 bits per heavy atom. The first-order valence-corrected chi connectivity index (χ1v) is 9.94. The van der Waals surface area contributed by atoms with Crippen LogP contribution in [-0.2, 0) is 4.79 Å². The van der Waals surface area contributed by atoms with Crippen molar-refractivity contribution < 1.29 is 9.18 Å². The monoisotopic (exact) mass is 407 g/mol. The first-order chi connectivity index (χ1) is 14.0. The molecule has 0 aliphatic rings. The molecule has 0 radical (unpaired) electrons. The summed E-state index contributed by atoms with van der Waals surface area (Å²) >= 11 is 1.32. The molecule has 0 atom stereocenters. The van der Waals surface area contributed by atoms with Crippen molar-refractivity contribution in [2.24, 2.45) is 0 Å². The van der Waals surface area contributed by atoms with Gasteiger partial charge in [-0.1, -0.05) is 17.8 Å². The summed E-state index contributed by atoms with van der Waals surface area (Å²) in [5.74, 6) is -0.218. The molecule has 146 valence electrons. The van der Waals surface area contributed by atoms with Gasteiger partial charge in [0.2, 0.25) is 5.91 Å². The lowest BCUT2D eigenvalue weighted by molar-refractivity contribution is -0.113. The van der Waals surface area contributed by atoms with Crippen LogP contribution in [0, 0.1) is 19.7 Å². The highest BCUT2D eigenvalue weighted by molar-refractivity contribution is 8.00. The molecule has 2 aromatic carbocycles. The summed E-state index contributed by atoms with van der Waals surface area (Å²) in [6, 6.07) is 11.9. The topological polar surface area (TPSA) is 72.7 Å². The van der Waals surface area contributed by atoms with Gasteiger partial charge in [0.1, 0.15) is 17.2 Å². The number of hydrogen-bond donors (Lipinski definition) is 1. The van der Waals surface area contributed by atoms with Gasteiger partial charge in [0.25, 0.3) is 0 Å². The van der Waals surface area contributed by atoms with Gasteiger partial charge in [-0.3, -0.25) is 4.79 Å². The molecule has 29 heavy (non-hydrogen) atoms. The maximum absolute atomic E-state index is 13.2. The number of thioether (sulfide) groups is 1. The quantitative estimate of drug-likeness (QED) is 0.394. The lowest BCUT2D eigenvalue weighted by Crippen LogP contribution is -2.14. The van der Waals surface area contributed by atoms with E-state index < -0.39 is 0 Å². The molecule has 2 aromatic heterocycles. The summed E-state index contributed by atoms with van der Waals surface area (Å²) in [7, 11) is 0. The number of fused-ring (bicyclic) bond motifs is 1. The summed E-state index contributed by atoms with van der Waals surface area (Å²) in [6.45, 7) is 3.99. The molecule has 0 aliphatic heterocycles. The molecular formula is C21H18FN5OS. The summed E-state index contributed by atoms with van der Waals surface area (Å²) in [4.78, 5) is 21.0. The smallest absolute Gasteiger partial charge is 0.234 e. The second kappa shape index (κ2) is 8.00. The van der Waals surface area contributed by atoms with Crippen molar-refractivity contribution in [3.05, 3.63) is 71.9 Å². The third-order valence-corrected chi connectivity index (χ3v) is 5.25. The number of nitrogens with one attached hydrogen (secondary N) is 1. The van der Waals surface area contributed by atoms with Gasteiger partial charge in [-0.15, -0.1) is 0 Å². The van der Waals surface area contributed by atoms with Crippen molar-refractivity contribution in [3.8, 4) is 5.69 Å². The van der Waals surface area contributed by atoms with E-state index in [-0.39, 0.29) is 17.5 Å². The van der Waals surface area contributed by atoms with Crippen molar-refractivity contribution >= 4 is 34.4 Å². The zero-order valence-electron chi connectivity index (χ0n) is 15.9. The average molecular weight is 407 g/mol. The Bertz CT molecular complexity index is 1170. The number of hydrogen-bond acceptors (Lipinski definition) is 5. The summed E-state index contributed by atoms with van der Waals surface area (Å²) in [6.07, 6.45) is 3.09.